The Hall–Kier alpha value is -3.70. The van der Waals surface area contributed by atoms with Crippen LogP contribution in [0.3, 0.4) is 0 Å². The number of carbonyl (C=O) groups is 2. The number of Topliss-reactive ketones (excluding diaryl/α,β-unsaturated/α-hetero) is 1. The van der Waals surface area contributed by atoms with Crippen LogP contribution in [0.2, 0.25) is 5.02 Å². The quantitative estimate of drug-likeness (QED) is 0.166. The van der Waals surface area contributed by atoms with Crippen LogP contribution in [0.25, 0.3) is 5.69 Å². The van der Waals surface area contributed by atoms with Crippen LogP contribution in [-0.4, -0.2) is 32.2 Å². The Morgan fingerprint density at radius 2 is 1.70 bits per heavy atom. The number of alkyl halides is 3. The molecule has 0 aliphatic heterocycles. The number of nitrogens with zero attached hydrogens (tertiary/aromatic N) is 3. The molecule has 1 aromatic heterocycles. The van der Waals surface area contributed by atoms with Crippen LogP contribution in [0.5, 0.6) is 0 Å². The van der Waals surface area contributed by atoms with Gasteiger partial charge in [0.1, 0.15) is 5.82 Å². The van der Waals surface area contributed by atoms with Gasteiger partial charge in [0.2, 0.25) is 0 Å². The number of thioether (sulfide) groups is 1. The van der Waals surface area contributed by atoms with E-state index < -0.39 is 23.5 Å². The highest BCUT2D eigenvalue weighted by atomic mass is 35.5. The maximum atomic E-state index is 14.1. The number of ketones is 1. The maximum absolute atomic E-state index is 14.1. The first-order chi connectivity index (χ1) is 17.6. The molecule has 0 saturated heterocycles. The molecule has 190 valence electrons. The van der Waals surface area contributed by atoms with Crippen molar-refractivity contribution in [1.82, 2.24) is 20.1 Å². The van der Waals surface area contributed by atoms with E-state index in [1.165, 1.54) is 28.8 Å². The van der Waals surface area contributed by atoms with Gasteiger partial charge in [0, 0.05) is 5.56 Å². The third kappa shape index (κ3) is 6.17. The molecular formula is C25H17ClF4N4O2S. The van der Waals surface area contributed by atoms with Gasteiger partial charge in [-0.1, -0.05) is 65.8 Å². The van der Waals surface area contributed by atoms with E-state index in [4.69, 9.17) is 11.6 Å². The number of aromatic nitrogens is 3. The number of hydrogen-bond acceptors (Lipinski definition) is 5. The summed E-state index contributed by atoms with van der Waals surface area (Å²) in [7, 11) is 0. The summed E-state index contributed by atoms with van der Waals surface area (Å²) >= 11 is 6.92. The first-order valence-corrected chi connectivity index (χ1v) is 12.1. The van der Waals surface area contributed by atoms with Crippen molar-refractivity contribution < 1.29 is 27.2 Å². The summed E-state index contributed by atoms with van der Waals surface area (Å²) in [5.41, 5.74) is -0.738. The molecule has 3 aromatic carbocycles. The third-order valence-corrected chi connectivity index (χ3v) is 6.40. The van der Waals surface area contributed by atoms with E-state index in [2.05, 4.69) is 15.5 Å². The van der Waals surface area contributed by atoms with Crippen molar-refractivity contribution in [2.75, 3.05) is 5.75 Å². The molecule has 0 atom stereocenters. The van der Waals surface area contributed by atoms with Gasteiger partial charge < -0.3 is 5.32 Å². The van der Waals surface area contributed by atoms with E-state index in [1.807, 2.05) is 0 Å². The molecule has 37 heavy (non-hydrogen) atoms. The summed E-state index contributed by atoms with van der Waals surface area (Å²) in [5, 5.41) is 10.5. The molecule has 1 amide bonds. The average molecular weight is 549 g/mol. The summed E-state index contributed by atoms with van der Waals surface area (Å²) < 4.78 is 55.6. The van der Waals surface area contributed by atoms with Gasteiger partial charge in [-0.15, -0.1) is 10.2 Å². The van der Waals surface area contributed by atoms with Crippen LogP contribution in [-0.2, 0) is 12.7 Å². The summed E-state index contributed by atoms with van der Waals surface area (Å²) in [6.45, 7) is -0.306. The molecule has 0 unspecified atom stereocenters. The van der Waals surface area contributed by atoms with E-state index in [1.54, 1.807) is 30.3 Å². The van der Waals surface area contributed by atoms with Crippen LogP contribution in [0.1, 0.15) is 32.1 Å². The number of nitrogens with one attached hydrogen (secondary N) is 1. The van der Waals surface area contributed by atoms with Crippen molar-refractivity contribution in [3.63, 3.8) is 0 Å². The van der Waals surface area contributed by atoms with Gasteiger partial charge in [0.05, 0.1) is 34.1 Å². The molecule has 0 aliphatic carbocycles. The topological polar surface area (TPSA) is 76.9 Å². The lowest BCUT2D eigenvalue weighted by Crippen LogP contribution is -2.26. The number of hydrogen-bond donors (Lipinski definition) is 1. The van der Waals surface area contributed by atoms with Gasteiger partial charge in [0.15, 0.2) is 16.8 Å². The second-order valence-electron chi connectivity index (χ2n) is 7.64. The molecule has 1 N–H and O–H groups in total. The van der Waals surface area contributed by atoms with Crippen molar-refractivity contribution in [2.45, 2.75) is 17.9 Å². The van der Waals surface area contributed by atoms with Crippen molar-refractivity contribution >= 4 is 35.1 Å². The van der Waals surface area contributed by atoms with Gasteiger partial charge in [0.25, 0.3) is 5.91 Å². The van der Waals surface area contributed by atoms with Crippen molar-refractivity contribution in [3.8, 4) is 5.69 Å². The molecule has 12 heteroatoms. The SMILES string of the molecule is O=C(CSc1nnc(CNC(=O)c2c(F)cccc2Cl)n1-c1cccc(C(F)(F)F)c1)c1ccccc1. The van der Waals surface area contributed by atoms with E-state index in [9.17, 15) is 27.2 Å². The minimum absolute atomic E-state index is 0.0572. The minimum Gasteiger partial charge on any atom is -0.345 e. The zero-order valence-electron chi connectivity index (χ0n) is 18.8. The van der Waals surface area contributed by atoms with Crippen molar-refractivity contribution in [3.05, 3.63) is 106 Å². The minimum atomic E-state index is -4.60. The fraction of sp³-hybridized carbons (Fsp3) is 0.120. The summed E-state index contributed by atoms with van der Waals surface area (Å²) in [6.07, 6.45) is -4.60. The van der Waals surface area contributed by atoms with Gasteiger partial charge in [-0.2, -0.15) is 13.2 Å². The lowest BCUT2D eigenvalue weighted by molar-refractivity contribution is -0.137. The molecule has 4 rings (SSSR count). The predicted molar refractivity (Wildman–Crippen MR) is 130 cm³/mol. The second kappa shape index (κ2) is 11.1. The largest absolute Gasteiger partial charge is 0.416 e. The zero-order chi connectivity index (χ0) is 26.6. The van der Waals surface area contributed by atoms with Crippen LogP contribution in [0.4, 0.5) is 17.6 Å². The third-order valence-electron chi connectivity index (χ3n) is 5.16. The highest BCUT2D eigenvalue weighted by Crippen LogP contribution is 2.32. The Bertz CT molecular complexity index is 1420. The van der Waals surface area contributed by atoms with E-state index >= 15 is 0 Å². The van der Waals surface area contributed by atoms with Crippen LogP contribution >= 0.6 is 23.4 Å². The fourth-order valence-electron chi connectivity index (χ4n) is 3.39. The molecule has 0 aliphatic rings. The first-order valence-electron chi connectivity index (χ1n) is 10.7. The number of benzene rings is 3. The van der Waals surface area contributed by atoms with Gasteiger partial charge >= 0.3 is 6.18 Å². The standard InChI is InChI=1S/C25H17ClF4N4O2S/c26-18-10-5-11-19(27)22(18)23(36)31-13-21-32-33-24(37-14-20(35)15-6-2-1-3-7-15)34(21)17-9-4-8-16(12-17)25(28,29)30/h1-12H,13-14H2,(H,31,36). The average Bonchev–Trinajstić information content (AvgIpc) is 3.29. The number of amides is 1. The van der Waals surface area contributed by atoms with Crippen LogP contribution < -0.4 is 5.32 Å². The van der Waals surface area contributed by atoms with Crippen molar-refractivity contribution in [2.24, 2.45) is 0 Å². The monoisotopic (exact) mass is 548 g/mol. The lowest BCUT2D eigenvalue weighted by Gasteiger charge is -2.14. The second-order valence-corrected chi connectivity index (χ2v) is 8.99. The van der Waals surface area contributed by atoms with Gasteiger partial charge in [-0.25, -0.2) is 4.39 Å². The fourth-order valence-corrected chi connectivity index (χ4v) is 4.50. The Labute approximate surface area is 217 Å². The normalized spacial score (nSPS) is 11.4. The highest BCUT2D eigenvalue weighted by Gasteiger charge is 2.31. The van der Waals surface area contributed by atoms with E-state index in [0.717, 1.165) is 30.0 Å². The van der Waals surface area contributed by atoms with E-state index in [-0.39, 0.29) is 45.3 Å². The van der Waals surface area contributed by atoms with Gasteiger partial charge in [-0.05, 0) is 30.3 Å². The first kappa shape index (κ1) is 26.4. The Balaban J connectivity index is 1.64. The molecule has 0 spiro atoms. The summed E-state index contributed by atoms with van der Waals surface area (Å²) in [4.78, 5) is 25.1. The molecule has 1 heterocycles. The molecule has 0 radical (unpaired) electrons. The molecule has 4 aromatic rings. The zero-order valence-corrected chi connectivity index (χ0v) is 20.4. The molecular weight excluding hydrogens is 532 g/mol. The van der Waals surface area contributed by atoms with Crippen LogP contribution in [0.15, 0.2) is 78.0 Å². The Morgan fingerprint density at radius 3 is 2.41 bits per heavy atom. The highest BCUT2D eigenvalue weighted by molar-refractivity contribution is 7.99. The maximum Gasteiger partial charge on any atom is 0.416 e. The number of carbonyl (C=O) groups excluding carboxylic acids is 2. The summed E-state index contributed by atoms with van der Waals surface area (Å²) in [6, 6.07) is 16.7. The molecule has 0 bridgehead atoms. The predicted octanol–water partition coefficient (Wildman–Crippen LogP) is 5.98. The number of rotatable bonds is 8. The van der Waals surface area contributed by atoms with E-state index in [0.29, 0.717) is 5.56 Å². The smallest absolute Gasteiger partial charge is 0.345 e. The lowest BCUT2D eigenvalue weighted by atomic mass is 10.2. The molecule has 6 nitrogen and oxygen atoms in total. The van der Waals surface area contributed by atoms with Crippen molar-refractivity contribution in [1.29, 1.82) is 0 Å². The molecule has 0 fully saturated rings. The van der Waals surface area contributed by atoms with Gasteiger partial charge in [-0.3, -0.25) is 14.2 Å². The molecule has 0 saturated carbocycles. The number of halogens is 5. The summed E-state index contributed by atoms with van der Waals surface area (Å²) in [5.74, 6) is -1.88. The van der Waals surface area contributed by atoms with Crippen LogP contribution in [0, 0.1) is 5.82 Å². The Kier molecular flexibility index (Phi) is 7.94. The Morgan fingerprint density at radius 1 is 0.973 bits per heavy atom.